The number of carbonyl (C=O) groups excluding carboxylic acids is 3. The van der Waals surface area contributed by atoms with E-state index >= 15 is 0 Å². The standard InChI is InChI=1S/C17H19ClN4O5/c1-3-27-15(24)7-10-4-5-11(12(23)6-10)20-17-21-13(18)8-14(22-17)19-9-16(25)26-2/h5,7-8H,3-4,6,9H2,1-2H3,(H2,19,20,21,22). The number of hydrogen-bond acceptors (Lipinski definition) is 9. The second-order valence-electron chi connectivity index (χ2n) is 5.43. The van der Waals surface area contributed by atoms with Gasteiger partial charge in [-0.25, -0.2) is 9.78 Å². The molecule has 27 heavy (non-hydrogen) atoms. The van der Waals surface area contributed by atoms with Gasteiger partial charge in [0.05, 0.1) is 19.4 Å². The van der Waals surface area contributed by atoms with Gasteiger partial charge >= 0.3 is 11.9 Å². The first kappa shape index (κ1) is 20.4. The second kappa shape index (κ2) is 9.67. The maximum absolute atomic E-state index is 12.3. The van der Waals surface area contributed by atoms with Gasteiger partial charge in [0, 0.05) is 18.6 Å². The van der Waals surface area contributed by atoms with Crippen LogP contribution in [0.2, 0.25) is 5.15 Å². The van der Waals surface area contributed by atoms with Crippen LogP contribution in [0.5, 0.6) is 0 Å². The third kappa shape index (κ3) is 6.37. The minimum Gasteiger partial charge on any atom is -0.468 e. The van der Waals surface area contributed by atoms with Crippen molar-refractivity contribution in [2.45, 2.75) is 19.8 Å². The molecule has 10 heteroatoms. The highest BCUT2D eigenvalue weighted by Crippen LogP contribution is 2.22. The Morgan fingerprint density at radius 2 is 2.15 bits per heavy atom. The predicted molar refractivity (Wildman–Crippen MR) is 98.2 cm³/mol. The molecule has 0 unspecified atom stereocenters. The highest BCUT2D eigenvalue weighted by molar-refractivity contribution is 6.29. The summed E-state index contributed by atoms with van der Waals surface area (Å²) in [6.45, 7) is 1.90. The van der Waals surface area contributed by atoms with E-state index in [4.69, 9.17) is 16.3 Å². The number of anilines is 2. The molecule has 0 spiro atoms. The minimum atomic E-state index is -0.468. The highest BCUT2D eigenvalue weighted by atomic mass is 35.5. The van der Waals surface area contributed by atoms with Crippen molar-refractivity contribution >= 4 is 41.1 Å². The first-order chi connectivity index (χ1) is 12.9. The van der Waals surface area contributed by atoms with E-state index in [9.17, 15) is 14.4 Å². The van der Waals surface area contributed by atoms with Gasteiger partial charge in [0.1, 0.15) is 17.5 Å². The van der Waals surface area contributed by atoms with Crippen LogP contribution in [0.25, 0.3) is 0 Å². The van der Waals surface area contributed by atoms with E-state index in [0.717, 1.165) is 0 Å². The molecule has 1 aromatic rings. The summed E-state index contributed by atoms with van der Waals surface area (Å²) in [6, 6.07) is 1.44. The number of rotatable bonds is 7. The van der Waals surface area contributed by atoms with Crippen LogP contribution in [0.4, 0.5) is 11.8 Å². The average molecular weight is 395 g/mol. The Bertz CT molecular complexity index is 807. The Kier molecular flexibility index (Phi) is 7.30. The van der Waals surface area contributed by atoms with Crippen LogP contribution >= 0.6 is 11.6 Å². The van der Waals surface area contributed by atoms with Crippen molar-refractivity contribution in [2.24, 2.45) is 0 Å². The number of allylic oxidation sites excluding steroid dienone is 3. The first-order valence-corrected chi connectivity index (χ1v) is 8.51. The zero-order valence-corrected chi connectivity index (χ0v) is 15.6. The molecular formula is C17H19ClN4O5. The minimum absolute atomic E-state index is 0.0889. The number of ether oxygens (including phenoxy) is 2. The number of nitrogens with one attached hydrogen (secondary N) is 2. The number of nitrogens with zero attached hydrogens (tertiary/aromatic N) is 2. The molecule has 0 bridgehead atoms. The van der Waals surface area contributed by atoms with Gasteiger partial charge in [0.25, 0.3) is 0 Å². The molecular weight excluding hydrogens is 376 g/mol. The van der Waals surface area contributed by atoms with Crippen molar-refractivity contribution in [2.75, 3.05) is 30.9 Å². The van der Waals surface area contributed by atoms with E-state index in [1.807, 2.05) is 0 Å². The number of aromatic nitrogens is 2. The number of ketones is 1. The molecule has 1 heterocycles. The highest BCUT2D eigenvalue weighted by Gasteiger charge is 2.19. The van der Waals surface area contributed by atoms with Crippen LogP contribution in [0.1, 0.15) is 19.8 Å². The van der Waals surface area contributed by atoms with Gasteiger partial charge < -0.3 is 20.1 Å². The fraction of sp³-hybridized carbons (Fsp3) is 0.353. The van der Waals surface area contributed by atoms with E-state index in [0.29, 0.717) is 23.5 Å². The summed E-state index contributed by atoms with van der Waals surface area (Å²) < 4.78 is 9.37. The van der Waals surface area contributed by atoms with E-state index in [1.54, 1.807) is 13.0 Å². The summed E-state index contributed by atoms with van der Waals surface area (Å²) in [5.41, 5.74) is 0.966. The Labute approximate surface area is 160 Å². The Hall–Kier alpha value is -2.94. The zero-order valence-electron chi connectivity index (χ0n) is 14.9. The molecule has 0 radical (unpaired) electrons. The van der Waals surface area contributed by atoms with Crippen LogP contribution in [-0.4, -0.2) is 48.0 Å². The smallest absolute Gasteiger partial charge is 0.330 e. The molecule has 1 aliphatic rings. The molecule has 0 fully saturated rings. The Morgan fingerprint density at radius 1 is 1.37 bits per heavy atom. The number of halogens is 1. The van der Waals surface area contributed by atoms with Crippen LogP contribution in [0.3, 0.4) is 0 Å². The van der Waals surface area contributed by atoms with Gasteiger partial charge in [0.2, 0.25) is 5.95 Å². The lowest BCUT2D eigenvalue weighted by Gasteiger charge is -2.16. The Morgan fingerprint density at radius 3 is 2.81 bits per heavy atom. The molecule has 0 aliphatic heterocycles. The fourth-order valence-corrected chi connectivity index (χ4v) is 2.40. The van der Waals surface area contributed by atoms with Crippen LogP contribution in [0, 0.1) is 0 Å². The lowest BCUT2D eigenvalue weighted by molar-refractivity contribution is -0.139. The van der Waals surface area contributed by atoms with E-state index in [1.165, 1.54) is 19.3 Å². The van der Waals surface area contributed by atoms with Crippen molar-refractivity contribution in [3.63, 3.8) is 0 Å². The van der Waals surface area contributed by atoms with Gasteiger partial charge in [-0.15, -0.1) is 0 Å². The fourth-order valence-electron chi connectivity index (χ4n) is 2.22. The monoisotopic (exact) mass is 394 g/mol. The second-order valence-corrected chi connectivity index (χ2v) is 5.82. The molecule has 144 valence electrons. The third-order valence-corrected chi connectivity index (χ3v) is 3.64. The summed E-state index contributed by atoms with van der Waals surface area (Å²) >= 11 is 5.95. The number of hydrogen-bond donors (Lipinski definition) is 2. The predicted octanol–water partition coefficient (Wildman–Crippen LogP) is 1.86. The summed E-state index contributed by atoms with van der Waals surface area (Å²) in [6.07, 6.45) is 3.48. The lowest BCUT2D eigenvalue weighted by atomic mass is 9.97. The van der Waals surface area contributed by atoms with Crippen LogP contribution in [0.15, 0.2) is 29.5 Å². The molecule has 0 saturated carbocycles. The molecule has 2 rings (SSSR count). The number of Topliss-reactive ketones (excluding diaryl/α,β-unsaturated/α-hetero) is 1. The molecule has 1 aliphatic carbocycles. The number of methoxy groups -OCH3 is 1. The molecule has 0 atom stereocenters. The van der Waals surface area contributed by atoms with Crippen molar-refractivity contribution in [1.82, 2.24) is 9.97 Å². The Balaban J connectivity index is 2.07. The average Bonchev–Trinajstić information content (AvgIpc) is 2.61. The normalized spacial score (nSPS) is 15.1. The topological polar surface area (TPSA) is 120 Å². The maximum atomic E-state index is 12.3. The zero-order chi connectivity index (χ0) is 19.8. The van der Waals surface area contributed by atoms with E-state index < -0.39 is 11.9 Å². The summed E-state index contributed by atoms with van der Waals surface area (Å²) in [5.74, 6) is -0.749. The maximum Gasteiger partial charge on any atom is 0.330 e. The van der Waals surface area contributed by atoms with E-state index in [-0.39, 0.29) is 36.5 Å². The largest absolute Gasteiger partial charge is 0.468 e. The van der Waals surface area contributed by atoms with Crippen molar-refractivity contribution < 1.29 is 23.9 Å². The molecule has 0 amide bonds. The van der Waals surface area contributed by atoms with E-state index in [2.05, 4.69) is 25.3 Å². The summed E-state index contributed by atoms with van der Waals surface area (Å²) in [4.78, 5) is 43.1. The quantitative estimate of drug-likeness (QED) is 0.405. The lowest BCUT2D eigenvalue weighted by Crippen LogP contribution is -2.19. The van der Waals surface area contributed by atoms with Crippen molar-refractivity contribution in [3.05, 3.63) is 34.6 Å². The number of esters is 2. The van der Waals surface area contributed by atoms with Gasteiger partial charge in [-0.05, 0) is 13.3 Å². The molecule has 2 N–H and O–H groups in total. The summed E-state index contributed by atoms with van der Waals surface area (Å²) in [5, 5.41) is 5.70. The van der Waals surface area contributed by atoms with Crippen molar-refractivity contribution in [3.8, 4) is 0 Å². The van der Waals surface area contributed by atoms with Gasteiger partial charge in [0.15, 0.2) is 5.78 Å². The van der Waals surface area contributed by atoms with Gasteiger partial charge in [-0.2, -0.15) is 4.98 Å². The first-order valence-electron chi connectivity index (χ1n) is 8.13. The van der Waals surface area contributed by atoms with Gasteiger partial charge in [-0.1, -0.05) is 23.3 Å². The molecule has 9 nitrogen and oxygen atoms in total. The molecule has 0 aromatic carbocycles. The van der Waals surface area contributed by atoms with Gasteiger partial charge in [-0.3, -0.25) is 9.59 Å². The summed E-state index contributed by atoms with van der Waals surface area (Å²) in [7, 11) is 1.27. The molecule has 1 aromatic heterocycles. The van der Waals surface area contributed by atoms with Crippen molar-refractivity contribution in [1.29, 1.82) is 0 Å². The third-order valence-electron chi connectivity index (χ3n) is 3.45. The van der Waals surface area contributed by atoms with Crippen LogP contribution in [-0.2, 0) is 23.9 Å². The number of carbonyl (C=O) groups is 3. The molecule has 0 saturated heterocycles. The SMILES string of the molecule is CCOC(=O)C=C1CC=C(Nc2nc(Cl)cc(NCC(=O)OC)n2)C(=O)C1. The van der Waals surface area contributed by atoms with Crippen LogP contribution < -0.4 is 10.6 Å².